The van der Waals surface area contributed by atoms with Crippen molar-refractivity contribution < 1.29 is 0 Å². The lowest BCUT2D eigenvalue weighted by atomic mass is 10.2. The summed E-state index contributed by atoms with van der Waals surface area (Å²) in [5.74, 6) is 0. The molecule has 2 rings (SSSR count). The van der Waals surface area contributed by atoms with Crippen LogP contribution in [0.2, 0.25) is 5.02 Å². The molecule has 2 aromatic rings. The van der Waals surface area contributed by atoms with Crippen LogP contribution in [0.1, 0.15) is 13.3 Å². The maximum Gasteiger partial charge on any atom is 0.183 e. The third-order valence-electron chi connectivity index (χ3n) is 2.17. The van der Waals surface area contributed by atoms with Gasteiger partial charge < -0.3 is 5.32 Å². The fourth-order valence-electron chi connectivity index (χ4n) is 1.34. The van der Waals surface area contributed by atoms with Crippen molar-refractivity contribution in [2.45, 2.75) is 13.3 Å². The van der Waals surface area contributed by atoms with Gasteiger partial charge in [0.05, 0.1) is 5.69 Å². The molecule has 92 valence electrons. The van der Waals surface area contributed by atoms with Gasteiger partial charge in [-0.3, -0.25) is 0 Å². The molecule has 5 heteroatoms. The first-order valence-corrected chi connectivity index (χ1v) is 6.50. The predicted molar refractivity (Wildman–Crippen MR) is 81.7 cm³/mol. The highest BCUT2D eigenvalue weighted by Crippen LogP contribution is 2.25. The third kappa shape index (κ3) is 3.98. The molecular formula is C12H14BrClN2S. The average molecular weight is 334 g/mol. The number of nitrogens with zero attached hydrogens (tertiary/aromatic N) is 1. The van der Waals surface area contributed by atoms with Crippen molar-refractivity contribution in [1.29, 1.82) is 0 Å². The molecule has 1 N–H and O–H groups in total. The Kier molecular flexibility index (Phi) is 5.95. The minimum absolute atomic E-state index is 0. The molecule has 1 aromatic heterocycles. The first-order valence-electron chi connectivity index (χ1n) is 5.25. The lowest BCUT2D eigenvalue weighted by Gasteiger charge is -1.98. The zero-order chi connectivity index (χ0) is 11.4. The molecule has 0 aliphatic heterocycles. The molecule has 0 radical (unpaired) electrons. The van der Waals surface area contributed by atoms with E-state index in [9.17, 15) is 0 Å². The molecular weight excluding hydrogens is 320 g/mol. The minimum Gasteiger partial charge on any atom is -0.362 e. The number of hydrogen-bond acceptors (Lipinski definition) is 3. The molecule has 0 aliphatic carbocycles. The van der Waals surface area contributed by atoms with Gasteiger partial charge in [0.25, 0.3) is 0 Å². The van der Waals surface area contributed by atoms with Gasteiger partial charge >= 0.3 is 0 Å². The van der Waals surface area contributed by atoms with Gasteiger partial charge in [0.15, 0.2) is 5.13 Å². The van der Waals surface area contributed by atoms with Crippen LogP contribution in [0, 0.1) is 0 Å². The number of anilines is 1. The topological polar surface area (TPSA) is 24.9 Å². The third-order valence-corrected chi connectivity index (χ3v) is 3.22. The first kappa shape index (κ1) is 14.5. The van der Waals surface area contributed by atoms with Gasteiger partial charge in [-0.2, -0.15) is 0 Å². The number of halogens is 2. The van der Waals surface area contributed by atoms with Gasteiger partial charge in [0.1, 0.15) is 0 Å². The number of nitrogens with one attached hydrogen (secondary N) is 1. The Labute approximate surface area is 121 Å². The van der Waals surface area contributed by atoms with Gasteiger partial charge in [0.2, 0.25) is 0 Å². The Bertz CT molecular complexity index is 456. The summed E-state index contributed by atoms with van der Waals surface area (Å²) < 4.78 is 0. The quantitative estimate of drug-likeness (QED) is 0.864. The second kappa shape index (κ2) is 6.99. The van der Waals surface area contributed by atoms with Crippen molar-refractivity contribution in [3.8, 4) is 11.3 Å². The molecule has 0 bridgehead atoms. The van der Waals surface area contributed by atoms with Gasteiger partial charge in [-0.05, 0) is 18.6 Å². The summed E-state index contributed by atoms with van der Waals surface area (Å²) in [7, 11) is 0. The normalized spacial score (nSPS) is 9.76. The first-order chi connectivity index (χ1) is 7.79. The molecule has 0 unspecified atom stereocenters. The zero-order valence-electron chi connectivity index (χ0n) is 9.44. The van der Waals surface area contributed by atoms with E-state index < -0.39 is 0 Å². The van der Waals surface area contributed by atoms with Gasteiger partial charge in [-0.15, -0.1) is 28.3 Å². The molecule has 0 atom stereocenters. The fraction of sp³-hybridized carbons (Fsp3) is 0.250. The van der Waals surface area contributed by atoms with Gasteiger partial charge in [-0.1, -0.05) is 30.7 Å². The van der Waals surface area contributed by atoms with Crippen LogP contribution in [-0.2, 0) is 0 Å². The Morgan fingerprint density at radius 2 is 2.00 bits per heavy atom. The summed E-state index contributed by atoms with van der Waals surface area (Å²) in [6.45, 7) is 3.11. The largest absolute Gasteiger partial charge is 0.362 e. The van der Waals surface area contributed by atoms with E-state index in [0.717, 1.165) is 34.4 Å². The minimum atomic E-state index is 0. The molecule has 0 spiro atoms. The lowest BCUT2D eigenvalue weighted by molar-refractivity contribution is 0.976. The van der Waals surface area contributed by atoms with Crippen LogP contribution in [0.25, 0.3) is 11.3 Å². The van der Waals surface area contributed by atoms with Crippen LogP contribution in [0.3, 0.4) is 0 Å². The fourth-order valence-corrected chi connectivity index (χ4v) is 2.21. The number of aromatic nitrogens is 1. The van der Waals surface area contributed by atoms with Crippen LogP contribution in [0.5, 0.6) is 0 Å². The SMILES string of the molecule is Br.CCCNc1nc(-c2ccc(Cl)cc2)cs1. The molecule has 0 saturated heterocycles. The van der Waals surface area contributed by atoms with E-state index in [2.05, 4.69) is 22.6 Å². The van der Waals surface area contributed by atoms with E-state index in [1.807, 2.05) is 24.3 Å². The molecule has 0 saturated carbocycles. The maximum atomic E-state index is 5.84. The van der Waals surface area contributed by atoms with Crippen molar-refractivity contribution in [2.24, 2.45) is 0 Å². The second-order valence-corrected chi connectivity index (χ2v) is 4.77. The van der Waals surface area contributed by atoms with Crippen molar-refractivity contribution in [3.63, 3.8) is 0 Å². The molecule has 0 fully saturated rings. The van der Waals surface area contributed by atoms with Crippen LogP contribution in [0.4, 0.5) is 5.13 Å². The van der Waals surface area contributed by atoms with Gasteiger partial charge in [-0.25, -0.2) is 4.98 Å². The monoisotopic (exact) mass is 332 g/mol. The van der Waals surface area contributed by atoms with E-state index >= 15 is 0 Å². The van der Waals surface area contributed by atoms with Crippen molar-refractivity contribution >= 4 is 45.1 Å². The number of benzene rings is 1. The van der Waals surface area contributed by atoms with Crippen molar-refractivity contribution in [2.75, 3.05) is 11.9 Å². The Morgan fingerprint density at radius 3 is 2.65 bits per heavy atom. The summed E-state index contributed by atoms with van der Waals surface area (Å²) in [6, 6.07) is 7.74. The second-order valence-electron chi connectivity index (χ2n) is 3.47. The number of thiazole rings is 1. The summed E-state index contributed by atoms with van der Waals surface area (Å²) in [4.78, 5) is 4.51. The Hall–Kier alpha value is -0.580. The number of rotatable bonds is 4. The van der Waals surface area contributed by atoms with Crippen LogP contribution < -0.4 is 5.32 Å². The standard InChI is InChI=1S/C12H13ClN2S.BrH/c1-2-7-14-12-15-11(8-16-12)9-3-5-10(13)6-4-9;/h3-6,8H,2,7H2,1H3,(H,14,15);1H. The zero-order valence-corrected chi connectivity index (χ0v) is 12.7. The van der Waals surface area contributed by atoms with Crippen LogP contribution in [0.15, 0.2) is 29.6 Å². The molecule has 1 heterocycles. The molecule has 17 heavy (non-hydrogen) atoms. The van der Waals surface area contributed by atoms with E-state index in [4.69, 9.17) is 11.6 Å². The highest BCUT2D eigenvalue weighted by Gasteiger charge is 2.03. The molecule has 0 aliphatic rings. The Morgan fingerprint density at radius 1 is 1.29 bits per heavy atom. The maximum absolute atomic E-state index is 5.84. The molecule has 0 amide bonds. The van der Waals surface area contributed by atoms with E-state index in [1.54, 1.807) is 11.3 Å². The summed E-state index contributed by atoms with van der Waals surface area (Å²) in [5, 5.41) is 7.07. The highest BCUT2D eigenvalue weighted by molar-refractivity contribution is 8.93. The summed E-state index contributed by atoms with van der Waals surface area (Å²) in [6.07, 6.45) is 1.11. The Balaban J connectivity index is 0.00000144. The van der Waals surface area contributed by atoms with E-state index in [0.29, 0.717) is 0 Å². The number of hydrogen-bond donors (Lipinski definition) is 1. The molecule has 2 nitrogen and oxygen atoms in total. The van der Waals surface area contributed by atoms with E-state index in [1.165, 1.54) is 0 Å². The molecule has 1 aromatic carbocycles. The van der Waals surface area contributed by atoms with E-state index in [-0.39, 0.29) is 17.0 Å². The van der Waals surface area contributed by atoms with Crippen LogP contribution >= 0.6 is 39.9 Å². The van der Waals surface area contributed by atoms with Gasteiger partial charge in [0, 0.05) is 22.5 Å². The van der Waals surface area contributed by atoms with Crippen molar-refractivity contribution in [1.82, 2.24) is 4.98 Å². The summed E-state index contributed by atoms with van der Waals surface area (Å²) >= 11 is 7.48. The van der Waals surface area contributed by atoms with Crippen LogP contribution in [-0.4, -0.2) is 11.5 Å². The van der Waals surface area contributed by atoms with Crippen molar-refractivity contribution in [3.05, 3.63) is 34.7 Å². The smallest absolute Gasteiger partial charge is 0.183 e. The lowest BCUT2D eigenvalue weighted by Crippen LogP contribution is -1.98. The summed E-state index contributed by atoms with van der Waals surface area (Å²) in [5.41, 5.74) is 2.10. The predicted octanol–water partition coefficient (Wildman–Crippen LogP) is 4.86. The highest BCUT2D eigenvalue weighted by atomic mass is 79.9. The average Bonchev–Trinajstić information content (AvgIpc) is 2.76.